The third kappa shape index (κ3) is 3.14. The van der Waals surface area contributed by atoms with Gasteiger partial charge in [0.25, 0.3) is 0 Å². The number of rotatable bonds is 5. The van der Waals surface area contributed by atoms with E-state index in [0.29, 0.717) is 6.79 Å². The van der Waals surface area contributed by atoms with Crippen molar-refractivity contribution in [2.45, 2.75) is 25.9 Å². The molecule has 0 radical (unpaired) electrons. The van der Waals surface area contributed by atoms with Crippen LogP contribution in [0.25, 0.3) is 0 Å². The van der Waals surface area contributed by atoms with Gasteiger partial charge in [-0.1, -0.05) is 42.8 Å². The molecule has 1 atom stereocenters. The van der Waals surface area contributed by atoms with Crippen molar-refractivity contribution in [2.24, 2.45) is 0 Å². The predicted molar refractivity (Wildman–Crippen MR) is 83.9 cm³/mol. The Balaban J connectivity index is 1.73. The zero-order valence-electron chi connectivity index (χ0n) is 11.9. The molecule has 1 unspecified atom stereocenters. The largest absolute Gasteiger partial charge is 0.454 e. The molecule has 4 heteroatoms. The lowest BCUT2D eigenvalue weighted by Gasteiger charge is -2.18. The van der Waals surface area contributed by atoms with Crippen LogP contribution in [0.1, 0.15) is 30.5 Å². The first-order valence-corrected chi connectivity index (χ1v) is 7.52. The van der Waals surface area contributed by atoms with Crippen LogP contribution < -0.4 is 14.8 Å². The lowest BCUT2D eigenvalue weighted by atomic mass is 10.0. The smallest absolute Gasteiger partial charge is 0.231 e. The molecule has 1 aliphatic rings. The molecule has 21 heavy (non-hydrogen) atoms. The normalized spacial score (nSPS) is 14.2. The van der Waals surface area contributed by atoms with Gasteiger partial charge in [0.05, 0.1) is 0 Å². The number of nitrogens with one attached hydrogen (secondary N) is 1. The maximum atomic E-state index is 6.08. The first-order valence-electron chi connectivity index (χ1n) is 7.14. The molecule has 1 heterocycles. The van der Waals surface area contributed by atoms with Crippen molar-refractivity contribution in [3.05, 3.63) is 58.6 Å². The van der Waals surface area contributed by atoms with Gasteiger partial charge < -0.3 is 14.8 Å². The van der Waals surface area contributed by atoms with Crippen LogP contribution >= 0.6 is 11.6 Å². The van der Waals surface area contributed by atoms with E-state index < -0.39 is 0 Å². The lowest BCUT2D eigenvalue weighted by molar-refractivity contribution is 0.173. The monoisotopic (exact) mass is 303 g/mol. The molecule has 0 fully saturated rings. The van der Waals surface area contributed by atoms with E-state index in [1.165, 1.54) is 5.56 Å². The average Bonchev–Trinajstić information content (AvgIpc) is 2.97. The van der Waals surface area contributed by atoms with Gasteiger partial charge in [-0.3, -0.25) is 0 Å². The zero-order chi connectivity index (χ0) is 14.7. The van der Waals surface area contributed by atoms with E-state index >= 15 is 0 Å². The first kappa shape index (κ1) is 14.2. The Labute approximate surface area is 129 Å². The molecule has 0 saturated carbocycles. The van der Waals surface area contributed by atoms with Gasteiger partial charge in [-0.25, -0.2) is 0 Å². The van der Waals surface area contributed by atoms with Gasteiger partial charge in [-0.05, 0) is 30.2 Å². The van der Waals surface area contributed by atoms with Crippen LogP contribution in [-0.4, -0.2) is 6.79 Å². The molecular weight excluding hydrogens is 286 g/mol. The maximum absolute atomic E-state index is 6.08. The van der Waals surface area contributed by atoms with Gasteiger partial charge in [0, 0.05) is 23.2 Å². The van der Waals surface area contributed by atoms with E-state index in [4.69, 9.17) is 21.1 Å². The second kappa shape index (κ2) is 6.37. The second-order valence-electron chi connectivity index (χ2n) is 5.05. The SMILES string of the molecule is CCC(NCc1cccc2c1OCO2)c1cccc(Cl)c1. The number of halogens is 1. The van der Waals surface area contributed by atoms with Crippen LogP contribution in [0, 0.1) is 0 Å². The van der Waals surface area contributed by atoms with Crippen molar-refractivity contribution in [1.82, 2.24) is 5.32 Å². The highest BCUT2D eigenvalue weighted by Crippen LogP contribution is 2.35. The Hall–Kier alpha value is -1.71. The van der Waals surface area contributed by atoms with Crippen molar-refractivity contribution < 1.29 is 9.47 Å². The molecule has 3 rings (SSSR count). The quantitative estimate of drug-likeness (QED) is 0.893. The number of benzene rings is 2. The summed E-state index contributed by atoms with van der Waals surface area (Å²) in [6, 6.07) is 14.2. The number of ether oxygens (including phenoxy) is 2. The van der Waals surface area contributed by atoms with Crippen molar-refractivity contribution in [3.63, 3.8) is 0 Å². The molecule has 0 aliphatic carbocycles. The number of fused-ring (bicyclic) bond motifs is 1. The minimum atomic E-state index is 0.266. The van der Waals surface area contributed by atoms with E-state index in [1.807, 2.05) is 30.3 Å². The molecule has 110 valence electrons. The van der Waals surface area contributed by atoms with Crippen molar-refractivity contribution in [2.75, 3.05) is 6.79 Å². The summed E-state index contributed by atoms with van der Waals surface area (Å²) in [7, 11) is 0. The molecule has 1 N–H and O–H groups in total. The number of hydrogen-bond acceptors (Lipinski definition) is 3. The average molecular weight is 304 g/mol. The Morgan fingerprint density at radius 3 is 2.86 bits per heavy atom. The summed E-state index contributed by atoms with van der Waals surface area (Å²) >= 11 is 6.08. The molecule has 0 amide bonds. The van der Waals surface area contributed by atoms with Crippen LogP contribution in [0.5, 0.6) is 11.5 Å². The van der Waals surface area contributed by atoms with Crippen LogP contribution in [0.3, 0.4) is 0 Å². The van der Waals surface area contributed by atoms with Gasteiger partial charge in [0.1, 0.15) is 0 Å². The van der Waals surface area contributed by atoms with Gasteiger partial charge in [0.15, 0.2) is 11.5 Å². The topological polar surface area (TPSA) is 30.5 Å². The summed E-state index contributed by atoms with van der Waals surface area (Å²) in [4.78, 5) is 0. The molecule has 0 spiro atoms. The van der Waals surface area contributed by atoms with Crippen LogP contribution in [0.2, 0.25) is 5.02 Å². The number of para-hydroxylation sites is 1. The molecule has 1 aliphatic heterocycles. The highest BCUT2D eigenvalue weighted by molar-refractivity contribution is 6.30. The second-order valence-corrected chi connectivity index (χ2v) is 5.48. The fraction of sp³-hybridized carbons (Fsp3) is 0.294. The highest BCUT2D eigenvalue weighted by atomic mass is 35.5. The summed E-state index contributed by atoms with van der Waals surface area (Å²) in [6.45, 7) is 3.20. The van der Waals surface area contributed by atoms with Crippen LogP contribution in [0.15, 0.2) is 42.5 Å². The molecule has 2 aromatic rings. The van der Waals surface area contributed by atoms with Gasteiger partial charge in [-0.2, -0.15) is 0 Å². The summed E-state index contributed by atoms with van der Waals surface area (Å²) in [5.74, 6) is 1.68. The molecule has 3 nitrogen and oxygen atoms in total. The maximum Gasteiger partial charge on any atom is 0.231 e. The molecule has 0 bridgehead atoms. The van der Waals surface area contributed by atoms with Gasteiger partial charge in [0.2, 0.25) is 6.79 Å². The third-order valence-corrected chi connectivity index (χ3v) is 3.91. The fourth-order valence-electron chi connectivity index (χ4n) is 2.58. The molecule has 0 aromatic heterocycles. The lowest BCUT2D eigenvalue weighted by Crippen LogP contribution is -2.20. The minimum Gasteiger partial charge on any atom is -0.454 e. The summed E-state index contributed by atoms with van der Waals surface area (Å²) in [6.07, 6.45) is 0.993. The molecular formula is C17H18ClNO2. The van der Waals surface area contributed by atoms with Crippen molar-refractivity contribution in [1.29, 1.82) is 0 Å². The summed E-state index contributed by atoms with van der Waals surface area (Å²) in [5.41, 5.74) is 2.32. The Morgan fingerprint density at radius 2 is 2.05 bits per heavy atom. The molecule has 0 saturated heterocycles. The van der Waals surface area contributed by atoms with E-state index in [2.05, 4.69) is 24.4 Å². The Morgan fingerprint density at radius 1 is 1.19 bits per heavy atom. The van der Waals surface area contributed by atoms with Gasteiger partial charge >= 0.3 is 0 Å². The predicted octanol–water partition coefficient (Wildman–Crippen LogP) is 4.31. The van der Waals surface area contributed by atoms with E-state index in [1.54, 1.807) is 0 Å². The summed E-state index contributed by atoms with van der Waals surface area (Å²) in [5, 5.41) is 4.33. The van der Waals surface area contributed by atoms with E-state index in [9.17, 15) is 0 Å². The standard InChI is InChI=1S/C17H18ClNO2/c1-2-15(12-5-3-7-14(18)9-12)19-10-13-6-4-8-16-17(13)21-11-20-16/h3-9,15,19H,2,10-11H2,1H3. The Bertz CT molecular complexity index is 630. The summed E-state index contributed by atoms with van der Waals surface area (Å²) < 4.78 is 10.9. The third-order valence-electron chi connectivity index (χ3n) is 3.68. The van der Waals surface area contributed by atoms with Crippen LogP contribution in [0.4, 0.5) is 0 Å². The van der Waals surface area contributed by atoms with E-state index in [-0.39, 0.29) is 6.04 Å². The highest BCUT2D eigenvalue weighted by Gasteiger charge is 2.18. The number of hydrogen-bond donors (Lipinski definition) is 1. The Kier molecular flexibility index (Phi) is 4.32. The van der Waals surface area contributed by atoms with Crippen LogP contribution in [-0.2, 0) is 6.54 Å². The van der Waals surface area contributed by atoms with E-state index in [0.717, 1.165) is 35.1 Å². The fourth-order valence-corrected chi connectivity index (χ4v) is 2.78. The zero-order valence-corrected chi connectivity index (χ0v) is 12.7. The van der Waals surface area contributed by atoms with Gasteiger partial charge in [-0.15, -0.1) is 0 Å². The van der Waals surface area contributed by atoms with Crippen molar-refractivity contribution in [3.8, 4) is 11.5 Å². The minimum absolute atomic E-state index is 0.266. The molecule has 2 aromatic carbocycles. The van der Waals surface area contributed by atoms with Crippen molar-refractivity contribution >= 4 is 11.6 Å². The first-order chi connectivity index (χ1) is 10.3.